The maximum Gasteiger partial charge on any atom is 0.311 e. The third-order valence-corrected chi connectivity index (χ3v) is 3.07. The molecule has 0 saturated heterocycles. The molecule has 0 spiro atoms. The van der Waals surface area contributed by atoms with Crippen LogP contribution >= 0.6 is 0 Å². The van der Waals surface area contributed by atoms with Crippen LogP contribution in [0.3, 0.4) is 0 Å². The fourth-order valence-corrected chi connectivity index (χ4v) is 2.15. The Hall–Kier alpha value is -1.77. The molecule has 3 nitrogen and oxygen atoms in total. The number of allylic oxidation sites excluding steroid dienone is 1. The van der Waals surface area contributed by atoms with Crippen LogP contribution in [-0.2, 0) is 16.0 Å². The second-order valence-corrected chi connectivity index (χ2v) is 4.53. The number of fused-ring (bicyclic) bond motifs is 1. The van der Waals surface area contributed by atoms with Gasteiger partial charge in [-0.1, -0.05) is 13.0 Å². The van der Waals surface area contributed by atoms with Gasteiger partial charge in [-0.2, -0.15) is 0 Å². The van der Waals surface area contributed by atoms with E-state index in [0.29, 0.717) is 12.2 Å². The Balaban J connectivity index is 2.27. The van der Waals surface area contributed by atoms with Gasteiger partial charge in [-0.25, -0.2) is 0 Å². The van der Waals surface area contributed by atoms with Crippen LogP contribution in [0.1, 0.15) is 37.8 Å². The lowest BCUT2D eigenvalue weighted by molar-refractivity contribution is -0.136. The number of methoxy groups -OCH3 is 1. The van der Waals surface area contributed by atoms with Crippen molar-refractivity contribution in [1.82, 2.24) is 0 Å². The smallest absolute Gasteiger partial charge is 0.311 e. The van der Waals surface area contributed by atoms with Crippen molar-refractivity contribution in [2.24, 2.45) is 0 Å². The first-order valence-electron chi connectivity index (χ1n) is 6.23. The Labute approximate surface area is 107 Å². The topological polar surface area (TPSA) is 35.5 Å². The van der Waals surface area contributed by atoms with Crippen molar-refractivity contribution >= 4 is 11.7 Å². The largest absolute Gasteiger partial charge is 0.497 e. The van der Waals surface area contributed by atoms with E-state index in [2.05, 4.69) is 0 Å². The second kappa shape index (κ2) is 5.25. The zero-order valence-corrected chi connectivity index (χ0v) is 11.1. The highest BCUT2D eigenvalue weighted by atomic mass is 16.5. The fourth-order valence-electron chi connectivity index (χ4n) is 2.15. The standard InChI is InChI=1S/C15H18O3/c1-4-5-14(16)18-15-10(2)8-11-6-7-12(17-3)9-13(11)15/h6-7,9H,4-5,8H2,1-3H3. The van der Waals surface area contributed by atoms with E-state index < -0.39 is 0 Å². The van der Waals surface area contributed by atoms with Gasteiger partial charge < -0.3 is 9.47 Å². The summed E-state index contributed by atoms with van der Waals surface area (Å²) in [5.74, 6) is 1.33. The van der Waals surface area contributed by atoms with Crippen LogP contribution in [0.4, 0.5) is 0 Å². The molecule has 1 aliphatic carbocycles. The predicted molar refractivity (Wildman–Crippen MR) is 70.3 cm³/mol. The SMILES string of the molecule is CCCC(=O)OC1=C(C)Cc2ccc(OC)cc21. The average molecular weight is 246 g/mol. The van der Waals surface area contributed by atoms with Crippen molar-refractivity contribution in [3.05, 3.63) is 34.9 Å². The van der Waals surface area contributed by atoms with Crippen LogP contribution in [0.5, 0.6) is 5.75 Å². The highest BCUT2D eigenvalue weighted by Crippen LogP contribution is 2.35. The molecule has 1 aromatic carbocycles. The minimum absolute atomic E-state index is 0.164. The van der Waals surface area contributed by atoms with Crippen LogP contribution in [-0.4, -0.2) is 13.1 Å². The molecule has 0 N–H and O–H groups in total. The Morgan fingerprint density at radius 2 is 2.17 bits per heavy atom. The van der Waals surface area contributed by atoms with E-state index >= 15 is 0 Å². The maximum absolute atomic E-state index is 11.6. The molecule has 0 amide bonds. The van der Waals surface area contributed by atoms with Gasteiger partial charge >= 0.3 is 5.97 Å². The molecule has 0 radical (unpaired) electrons. The van der Waals surface area contributed by atoms with E-state index in [0.717, 1.165) is 29.7 Å². The molecule has 0 saturated carbocycles. The van der Waals surface area contributed by atoms with Gasteiger partial charge in [-0.15, -0.1) is 0 Å². The Kier molecular flexibility index (Phi) is 3.70. The Morgan fingerprint density at radius 3 is 2.83 bits per heavy atom. The minimum atomic E-state index is -0.164. The molecule has 0 aromatic heterocycles. The van der Waals surface area contributed by atoms with E-state index in [-0.39, 0.29) is 5.97 Å². The Morgan fingerprint density at radius 1 is 1.39 bits per heavy atom. The van der Waals surface area contributed by atoms with E-state index in [1.807, 2.05) is 32.0 Å². The molecule has 0 fully saturated rings. The summed E-state index contributed by atoms with van der Waals surface area (Å²) in [6.07, 6.45) is 2.10. The van der Waals surface area contributed by atoms with Crippen molar-refractivity contribution in [3.8, 4) is 5.75 Å². The molecule has 0 bridgehead atoms. The molecule has 0 heterocycles. The van der Waals surface area contributed by atoms with Crippen molar-refractivity contribution in [3.63, 3.8) is 0 Å². The zero-order valence-electron chi connectivity index (χ0n) is 11.1. The zero-order chi connectivity index (χ0) is 13.1. The lowest BCUT2D eigenvalue weighted by Gasteiger charge is -2.09. The molecular formula is C15H18O3. The lowest BCUT2D eigenvalue weighted by Crippen LogP contribution is -2.03. The van der Waals surface area contributed by atoms with Crippen LogP contribution in [0.2, 0.25) is 0 Å². The van der Waals surface area contributed by atoms with Crippen LogP contribution in [0, 0.1) is 0 Å². The summed E-state index contributed by atoms with van der Waals surface area (Å²) < 4.78 is 10.7. The summed E-state index contributed by atoms with van der Waals surface area (Å²) in [5, 5.41) is 0. The molecule has 0 atom stereocenters. The van der Waals surface area contributed by atoms with Gasteiger partial charge in [0.15, 0.2) is 0 Å². The van der Waals surface area contributed by atoms with Gasteiger partial charge in [0.25, 0.3) is 0 Å². The highest BCUT2D eigenvalue weighted by Gasteiger charge is 2.22. The molecule has 0 aliphatic heterocycles. The molecule has 2 rings (SSSR count). The normalized spacial score (nSPS) is 13.5. The first kappa shape index (κ1) is 12.7. The summed E-state index contributed by atoms with van der Waals surface area (Å²) in [6.45, 7) is 3.97. The number of carbonyl (C=O) groups excluding carboxylic acids is 1. The monoisotopic (exact) mass is 246 g/mol. The molecule has 96 valence electrons. The number of hydrogen-bond acceptors (Lipinski definition) is 3. The summed E-state index contributed by atoms with van der Waals surface area (Å²) in [4.78, 5) is 11.6. The van der Waals surface area contributed by atoms with E-state index in [9.17, 15) is 4.79 Å². The fraction of sp³-hybridized carbons (Fsp3) is 0.400. The van der Waals surface area contributed by atoms with E-state index in [1.165, 1.54) is 5.56 Å². The Bertz CT molecular complexity index is 500. The number of esters is 1. The second-order valence-electron chi connectivity index (χ2n) is 4.53. The first-order chi connectivity index (χ1) is 8.65. The molecular weight excluding hydrogens is 228 g/mol. The van der Waals surface area contributed by atoms with Crippen molar-refractivity contribution < 1.29 is 14.3 Å². The van der Waals surface area contributed by atoms with Crippen molar-refractivity contribution in [1.29, 1.82) is 0 Å². The van der Waals surface area contributed by atoms with Crippen LogP contribution in [0.15, 0.2) is 23.8 Å². The lowest BCUT2D eigenvalue weighted by atomic mass is 10.1. The maximum atomic E-state index is 11.6. The predicted octanol–water partition coefficient (Wildman–Crippen LogP) is 3.33. The van der Waals surface area contributed by atoms with Gasteiger partial charge in [0.1, 0.15) is 11.5 Å². The van der Waals surface area contributed by atoms with E-state index in [1.54, 1.807) is 7.11 Å². The van der Waals surface area contributed by atoms with Gasteiger partial charge in [0.05, 0.1) is 7.11 Å². The molecule has 18 heavy (non-hydrogen) atoms. The van der Waals surface area contributed by atoms with Gasteiger partial charge in [0, 0.05) is 12.0 Å². The molecule has 1 aromatic rings. The number of rotatable bonds is 4. The summed E-state index contributed by atoms with van der Waals surface area (Å²) in [6, 6.07) is 5.89. The number of carbonyl (C=O) groups is 1. The highest BCUT2D eigenvalue weighted by molar-refractivity contribution is 5.82. The molecule has 0 unspecified atom stereocenters. The molecule has 3 heteroatoms. The molecule has 1 aliphatic rings. The third-order valence-electron chi connectivity index (χ3n) is 3.07. The summed E-state index contributed by atoms with van der Waals surface area (Å²) in [5.41, 5.74) is 3.27. The first-order valence-corrected chi connectivity index (χ1v) is 6.23. The number of ether oxygens (including phenoxy) is 2. The number of benzene rings is 1. The average Bonchev–Trinajstić information content (AvgIpc) is 2.65. The van der Waals surface area contributed by atoms with Gasteiger partial charge in [0.2, 0.25) is 0 Å². The van der Waals surface area contributed by atoms with Crippen LogP contribution < -0.4 is 4.74 Å². The summed E-state index contributed by atoms with van der Waals surface area (Å²) in [7, 11) is 1.63. The van der Waals surface area contributed by atoms with Crippen molar-refractivity contribution in [2.45, 2.75) is 33.1 Å². The van der Waals surface area contributed by atoms with Gasteiger partial charge in [-0.05, 0) is 43.0 Å². The van der Waals surface area contributed by atoms with Gasteiger partial charge in [-0.3, -0.25) is 4.79 Å². The van der Waals surface area contributed by atoms with Crippen LogP contribution in [0.25, 0.3) is 5.76 Å². The van der Waals surface area contributed by atoms with Crippen molar-refractivity contribution in [2.75, 3.05) is 7.11 Å². The third kappa shape index (κ3) is 2.40. The quantitative estimate of drug-likeness (QED) is 0.764. The minimum Gasteiger partial charge on any atom is -0.497 e. The number of hydrogen-bond donors (Lipinski definition) is 0. The van der Waals surface area contributed by atoms with E-state index in [4.69, 9.17) is 9.47 Å². The summed E-state index contributed by atoms with van der Waals surface area (Å²) >= 11 is 0.